The van der Waals surface area contributed by atoms with Gasteiger partial charge in [0.25, 0.3) is 0 Å². The summed E-state index contributed by atoms with van der Waals surface area (Å²) in [5.41, 5.74) is 2.38. The first-order chi connectivity index (χ1) is 6.88. The molecule has 3 nitrogen and oxygen atoms in total. The van der Waals surface area contributed by atoms with Gasteiger partial charge in [0.2, 0.25) is 10.0 Å². The van der Waals surface area contributed by atoms with Crippen LogP contribution in [0.25, 0.3) is 0 Å². The van der Waals surface area contributed by atoms with Crippen molar-refractivity contribution in [3.63, 3.8) is 0 Å². The molecule has 1 aromatic rings. The van der Waals surface area contributed by atoms with Gasteiger partial charge in [-0.15, -0.1) is 0 Å². The Bertz CT molecular complexity index is 426. The maximum atomic E-state index is 10.9. The van der Waals surface area contributed by atoms with E-state index in [1.165, 1.54) is 11.1 Å². The molecule has 1 unspecified atom stereocenters. The van der Waals surface area contributed by atoms with E-state index in [-0.39, 0.29) is 11.7 Å². The fraction of sp³-hybridized carbons (Fsp3) is 0.455. The van der Waals surface area contributed by atoms with E-state index in [4.69, 9.17) is 5.14 Å². The molecule has 0 aliphatic carbocycles. The average molecular weight is 227 g/mol. The molecular formula is C11H17NO2S. The standard InChI is InChI=1S/C11H17NO2S/c1-9(8-15(12,13)14)7-11-6-4-3-5-10(11)2/h3-6,9H,7-8H2,1-2H3,(H2,12,13,14). The molecule has 0 aromatic heterocycles. The maximum Gasteiger partial charge on any atom is 0.209 e. The molecule has 0 radical (unpaired) electrons. The van der Waals surface area contributed by atoms with E-state index in [1.54, 1.807) is 0 Å². The lowest BCUT2D eigenvalue weighted by molar-refractivity contribution is 0.571. The molecule has 0 spiro atoms. The van der Waals surface area contributed by atoms with Gasteiger partial charge in [0, 0.05) is 0 Å². The molecule has 4 heteroatoms. The molecule has 0 saturated carbocycles. The Kier molecular flexibility index (Phi) is 3.88. The largest absolute Gasteiger partial charge is 0.229 e. The van der Waals surface area contributed by atoms with Gasteiger partial charge >= 0.3 is 0 Å². The monoisotopic (exact) mass is 227 g/mol. The van der Waals surface area contributed by atoms with Gasteiger partial charge < -0.3 is 0 Å². The molecule has 1 rings (SSSR count). The zero-order valence-corrected chi connectivity index (χ0v) is 9.92. The normalized spacial score (nSPS) is 13.8. The Morgan fingerprint density at radius 2 is 1.93 bits per heavy atom. The molecule has 2 N–H and O–H groups in total. The molecule has 1 atom stereocenters. The highest BCUT2D eigenvalue weighted by molar-refractivity contribution is 7.89. The molecular weight excluding hydrogens is 210 g/mol. The Morgan fingerprint density at radius 1 is 1.33 bits per heavy atom. The van der Waals surface area contributed by atoms with Crippen molar-refractivity contribution in [3.8, 4) is 0 Å². The smallest absolute Gasteiger partial charge is 0.209 e. The molecule has 0 heterocycles. The van der Waals surface area contributed by atoms with Crippen LogP contribution in [0.3, 0.4) is 0 Å². The van der Waals surface area contributed by atoms with Gasteiger partial charge in [0.05, 0.1) is 5.75 Å². The number of sulfonamides is 1. The first kappa shape index (κ1) is 12.2. The minimum absolute atomic E-state index is 0.0430. The number of rotatable bonds is 4. The van der Waals surface area contributed by atoms with E-state index in [0.29, 0.717) is 0 Å². The summed E-state index contributed by atoms with van der Waals surface area (Å²) in [7, 11) is -3.36. The van der Waals surface area contributed by atoms with Crippen LogP contribution in [0.2, 0.25) is 0 Å². The second-order valence-corrected chi connectivity index (χ2v) is 5.72. The van der Waals surface area contributed by atoms with Crippen LogP contribution in [0.1, 0.15) is 18.1 Å². The van der Waals surface area contributed by atoms with E-state index < -0.39 is 10.0 Å². The van der Waals surface area contributed by atoms with E-state index in [9.17, 15) is 8.42 Å². The predicted octanol–water partition coefficient (Wildman–Crippen LogP) is 1.46. The lowest BCUT2D eigenvalue weighted by atomic mass is 9.99. The van der Waals surface area contributed by atoms with Gasteiger partial charge in [-0.1, -0.05) is 31.2 Å². The Morgan fingerprint density at radius 3 is 2.47 bits per heavy atom. The van der Waals surface area contributed by atoms with Crippen LogP contribution in [0.15, 0.2) is 24.3 Å². The number of aryl methyl sites for hydroxylation is 1. The predicted molar refractivity (Wildman–Crippen MR) is 62.0 cm³/mol. The van der Waals surface area contributed by atoms with Crippen molar-refractivity contribution in [3.05, 3.63) is 35.4 Å². The average Bonchev–Trinajstić information content (AvgIpc) is 2.05. The quantitative estimate of drug-likeness (QED) is 0.846. The first-order valence-corrected chi connectivity index (χ1v) is 6.65. The number of primary sulfonamides is 1. The van der Waals surface area contributed by atoms with E-state index in [2.05, 4.69) is 0 Å². The van der Waals surface area contributed by atoms with Crippen molar-refractivity contribution < 1.29 is 8.42 Å². The number of hydrogen-bond acceptors (Lipinski definition) is 2. The van der Waals surface area contributed by atoms with Gasteiger partial charge in [-0.25, -0.2) is 13.6 Å². The van der Waals surface area contributed by atoms with Gasteiger partial charge in [0.15, 0.2) is 0 Å². The van der Waals surface area contributed by atoms with Crippen molar-refractivity contribution in [1.82, 2.24) is 0 Å². The van der Waals surface area contributed by atoms with Crippen LogP contribution in [-0.4, -0.2) is 14.2 Å². The van der Waals surface area contributed by atoms with Crippen molar-refractivity contribution in [2.45, 2.75) is 20.3 Å². The third kappa shape index (κ3) is 4.44. The van der Waals surface area contributed by atoms with Crippen LogP contribution in [0.5, 0.6) is 0 Å². The molecule has 1 aromatic carbocycles. The third-order valence-corrected chi connectivity index (χ3v) is 3.38. The zero-order valence-electron chi connectivity index (χ0n) is 9.10. The Labute approximate surface area is 91.4 Å². The zero-order chi connectivity index (χ0) is 11.5. The van der Waals surface area contributed by atoms with Crippen molar-refractivity contribution in [2.75, 3.05) is 5.75 Å². The van der Waals surface area contributed by atoms with Gasteiger partial charge in [-0.3, -0.25) is 0 Å². The lowest BCUT2D eigenvalue weighted by Gasteiger charge is -2.11. The molecule has 0 amide bonds. The van der Waals surface area contributed by atoms with E-state index >= 15 is 0 Å². The lowest BCUT2D eigenvalue weighted by Crippen LogP contribution is -2.22. The van der Waals surface area contributed by atoms with Crippen LogP contribution < -0.4 is 5.14 Å². The summed E-state index contributed by atoms with van der Waals surface area (Å²) in [5, 5.41) is 5.00. The van der Waals surface area contributed by atoms with Crippen molar-refractivity contribution >= 4 is 10.0 Å². The maximum absolute atomic E-state index is 10.9. The molecule has 0 bridgehead atoms. The van der Waals surface area contributed by atoms with Crippen molar-refractivity contribution in [1.29, 1.82) is 0 Å². The second-order valence-electron chi connectivity index (χ2n) is 4.07. The summed E-state index contributed by atoms with van der Waals surface area (Å²) >= 11 is 0. The number of nitrogens with two attached hydrogens (primary N) is 1. The summed E-state index contributed by atoms with van der Waals surface area (Å²) in [6.45, 7) is 3.93. The fourth-order valence-corrected chi connectivity index (χ4v) is 2.58. The summed E-state index contributed by atoms with van der Waals surface area (Å²) < 4.78 is 21.8. The molecule has 0 aliphatic heterocycles. The Hall–Kier alpha value is -0.870. The van der Waals surface area contributed by atoms with Crippen LogP contribution in [0, 0.1) is 12.8 Å². The van der Waals surface area contributed by atoms with Crippen molar-refractivity contribution in [2.24, 2.45) is 11.1 Å². The summed E-state index contributed by atoms with van der Waals surface area (Å²) in [4.78, 5) is 0. The topological polar surface area (TPSA) is 60.2 Å². The second kappa shape index (κ2) is 4.77. The van der Waals surface area contributed by atoms with Crippen LogP contribution >= 0.6 is 0 Å². The van der Waals surface area contributed by atoms with Gasteiger partial charge in [-0.05, 0) is 30.4 Å². The molecule has 15 heavy (non-hydrogen) atoms. The highest BCUT2D eigenvalue weighted by Crippen LogP contribution is 2.13. The number of benzene rings is 1. The summed E-state index contributed by atoms with van der Waals surface area (Å²) in [6, 6.07) is 7.99. The van der Waals surface area contributed by atoms with Crippen LogP contribution in [-0.2, 0) is 16.4 Å². The molecule has 0 saturated heterocycles. The van der Waals surface area contributed by atoms with Crippen LogP contribution in [0.4, 0.5) is 0 Å². The first-order valence-electron chi connectivity index (χ1n) is 4.93. The number of hydrogen-bond donors (Lipinski definition) is 1. The SMILES string of the molecule is Cc1ccccc1CC(C)CS(N)(=O)=O. The molecule has 0 fully saturated rings. The highest BCUT2D eigenvalue weighted by Gasteiger charge is 2.12. The van der Waals surface area contributed by atoms with Gasteiger partial charge in [-0.2, -0.15) is 0 Å². The minimum Gasteiger partial charge on any atom is -0.229 e. The molecule has 0 aliphatic rings. The fourth-order valence-electron chi connectivity index (χ4n) is 1.67. The third-order valence-electron chi connectivity index (χ3n) is 2.35. The highest BCUT2D eigenvalue weighted by atomic mass is 32.2. The summed E-state index contributed by atoms with van der Waals surface area (Å²) in [6.07, 6.45) is 0.753. The summed E-state index contributed by atoms with van der Waals surface area (Å²) in [5.74, 6) is 0.0996. The Balaban J connectivity index is 2.67. The van der Waals surface area contributed by atoms with E-state index in [0.717, 1.165) is 6.42 Å². The minimum atomic E-state index is -3.36. The molecule has 84 valence electrons. The van der Waals surface area contributed by atoms with E-state index in [1.807, 2.05) is 38.1 Å². The van der Waals surface area contributed by atoms with Gasteiger partial charge in [0.1, 0.15) is 0 Å².